The minimum Gasteiger partial charge on any atom is -0.478 e. The number of carbonyl (C=O) groups is 2. The molecule has 1 amide bonds. The van der Waals surface area contributed by atoms with Gasteiger partial charge in [-0.05, 0) is 18.6 Å². The Kier molecular flexibility index (Phi) is 5.18. The second-order valence-corrected chi connectivity index (χ2v) is 5.21. The molecule has 6 nitrogen and oxygen atoms in total. The number of aromatic carboxylic acids is 1. The highest BCUT2D eigenvalue weighted by Gasteiger charge is 2.25. The lowest BCUT2D eigenvalue weighted by atomic mass is 10.1. The van der Waals surface area contributed by atoms with Crippen molar-refractivity contribution in [3.63, 3.8) is 0 Å². The first kappa shape index (κ1) is 16.8. The van der Waals surface area contributed by atoms with E-state index in [4.69, 9.17) is 14.3 Å². The molecule has 1 N–H and O–H groups in total. The summed E-state index contributed by atoms with van der Waals surface area (Å²) in [5.74, 6) is -0.548. The van der Waals surface area contributed by atoms with E-state index in [1.807, 2.05) is 30.3 Å². The highest BCUT2D eigenvalue weighted by molar-refractivity contribution is 5.88. The number of methoxy groups -OCH3 is 1. The van der Waals surface area contributed by atoms with Crippen LogP contribution in [0.5, 0.6) is 0 Å². The molecule has 0 aliphatic rings. The van der Waals surface area contributed by atoms with Crippen LogP contribution in [0.4, 0.5) is 0 Å². The Morgan fingerprint density at radius 1 is 1.30 bits per heavy atom. The Bertz CT molecular complexity index is 692. The molecule has 23 heavy (non-hydrogen) atoms. The number of ether oxygens (including phenoxy) is 1. The Balaban J connectivity index is 2.13. The maximum absolute atomic E-state index is 12.5. The van der Waals surface area contributed by atoms with E-state index in [9.17, 15) is 9.59 Å². The van der Waals surface area contributed by atoms with Gasteiger partial charge in [0.15, 0.2) is 6.10 Å². The third-order valence-corrected chi connectivity index (χ3v) is 3.53. The normalized spacial score (nSPS) is 12.0. The van der Waals surface area contributed by atoms with Crippen molar-refractivity contribution in [1.29, 1.82) is 0 Å². The van der Waals surface area contributed by atoms with Crippen molar-refractivity contribution >= 4 is 11.9 Å². The summed E-state index contributed by atoms with van der Waals surface area (Å²) in [5, 5.41) is 9.04. The van der Waals surface area contributed by atoms with Gasteiger partial charge in [-0.1, -0.05) is 30.3 Å². The molecule has 122 valence electrons. The summed E-state index contributed by atoms with van der Waals surface area (Å²) in [6.45, 7) is 1.75. The van der Waals surface area contributed by atoms with E-state index in [-0.39, 0.29) is 18.0 Å². The number of nitrogens with zero attached hydrogens (tertiary/aromatic N) is 1. The number of likely N-dealkylation sites (N-methyl/N-ethyl adjacent to an activating group) is 1. The van der Waals surface area contributed by atoms with Gasteiger partial charge in [-0.15, -0.1) is 0 Å². The average molecular weight is 317 g/mol. The van der Waals surface area contributed by atoms with E-state index in [1.165, 1.54) is 18.1 Å². The fourth-order valence-corrected chi connectivity index (χ4v) is 2.35. The zero-order chi connectivity index (χ0) is 17.0. The van der Waals surface area contributed by atoms with Crippen LogP contribution in [-0.2, 0) is 16.1 Å². The van der Waals surface area contributed by atoms with E-state index in [2.05, 4.69) is 0 Å². The third kappa shape index (κ3) is 3.78. The van der Waals surface area contributed by atoms with Crippen LogP contribution in [0, 0.1) is 6.92 Å². The number of carboxylic acids is 1. The first-order valence-electron chi connectivity index (χ1n) is 7.09. The first-order chi connectivity index (χ1) is 10.9. The summed E-state index contributed by atoms with van der Waals surface area (Å²) in [6, 6.07) is 10.6. The van der Waals surface area contributed by atoms with Gasteiger partial charge in [0.25, 0.3) is 5.91 Å². The standard InChI is InChI=1S/C17H19NO5/c1-11-14(17(20)21)9-13(23-11)10-18(2)16(19)15(22-3)12-7-5-4-6-8-12/h4-9,15H,10H2,1-3H3,(H,20,21)/t15-/m1/s1. The van der Waals surface area contributed by atoms with Gasteiger partial charge >= 0.3 is 5.97 Å². The number of carboxylic acid groups (broad SMARTS) is 1. The van der Waals surface area contributed by atoms with Crippen LogP contribution in [0.25, 0.3) is 0 Å². The van der Waals surface area contributed by atoms with Crippen molar-refractivity contribution in [3.8, 4) is 0 Å². The molecule has 0 aliphatic carbocycles. The van der Waals surface area contributed by atoms with Crippen LogP contribution in [0.2, 0.25) is 0 Å². The van der Waals surface area contributed by atoms with Crippen LogP contribution >= 0.6 is 0 Å². The van der Waals surface area contributed by atoms with Gasteiger partial charge in [-0.3, -0.25) is 4.79 Å². The van der Waals surface area contributed by atoms with E-state index >= 15 is 0 Å². The smallest absolute Gasteiger partial charge is 0.339 e. The van der Waals surface area contributed by atoms with Crippen LogP contribution in [0.15, 0.2) is 40.8 Å². The predicted molar refractivity (Wildman–Crippen MR) is 83.1 cm³/mol. The number of carbonyl (C=O) groups excluding carboxylic acids is 1. The fourth-order valence-electron chi connectivity index (χ4n) is 2.35. The van der Waals surface area contributed by atoms with Crippen molar-refractivity contribution in [3.05, 3.63) is 59.0 Å². The quantitative estimate of drug-likeness (QED) is 0.886. The molecule has 2 aromatic rings. The summed E-state index contributed by atoms with van der Waals surface area (Å²) < 4.78 is 10.7. The second kappa shape index (κ2) is 7.11. The van der Waals surface area contributed by atoms with E-state index < -0.39 is 12.1 Å². The van der Waals surface area contributed by atoms with Crippen molar-refractivity contribution < 1.29 is 23.8 Å². The van der Waals surface area contributed by atoms with Gasteiger partial charge in [0.1, 0.15) is 17.1 Å². The maximum atomic E-state index is 12.5. The second-order valence-electron chi connectivity index (χ2n) is 5.21. The molecule has 1 aromatic heterocycles. The number of hydrogen-bond acceptors (Lipinski definition) is 4. The minimum atomic E-state index is -1.05. The van der Waals surface area contributed by atoms with Gasteiger partial charge in [0, 0.05) is 14.2 Å². The fraction of sp³-hybridized carbons (Fsp3) is 0.294. The van der Waals surface area contributed by atoms with Crippen LogP contribution in [0.1, 0.15) is 33.5 Å². The highest BCUT2D eigenvalue weighted by Crippen LogP contribution is 2.21. The van der Waals surface area contributed by atoms with Crippen molar-refractivity contribution in [2.24, 2.45) is 0 Å². The number of furan rings is 1. The topological polar surface area (TPSA) is 80.0 Å². The molecule has 2 rings (SSSR count). The van der Waals surface area contributed by atoms with Crippen molar-refractivity contribution in [2.45, 2.75) is 19.6 Å². The Hall–Kier alpha value is -2.60. The highest BCUT2D eigenvalue weighted by atomic mass is 16.5. The maximum Gasteiger partial charge on any atom is 0.339 e. The van der Waals surface area contributed by atoms with Crippen molar-refractivity contribution in [1.82, 2.24) is 4.90 Å². The SMILES string of the molecule is CO[C@@H](C(=O)N(C)Cc1cc(C(=O)O)c(C)o1)c1ccccc1. The lowest BCUT2D eigenvalue weighted by Gasteiger charge is -2.22. The summed E-state index contributed by atoms with van der Waals surface area (Å²) in [6.07, 6.45) is -0.712. The minimum absolute atomic E-state index is 0.104. The van der Waals surface area contributed by atoms with Gasteiger partial charge < -0.3 is 19.2 Å². The number of rotatable bonds is 6. The zero-order valence-corrected chi connectivity index (χ0v) is 13.3. The molecule has 1 atom stereocenters. The van der Waals surface area contributed by atoms with E-state index in [0.717, 1.165) is 5.56 Å². The molecule has 1 heterocycles. The lowest BCUT2D eigenvalue weighted by Crippen LogP contribution is -2.32. The first-order valence-corrected chi connectivity index (χ1v) is 7.09. The van der Waals surface area contributed by atoms with E-state index in [0.29, 0.717) is 11.5 Å². The molecule has 0 unspecified atom stereocenters. The van der Waals surface area contributed by atoms with Gasteiger partial charge in [0.2, 0.25) is 0 Å². The predicted octanol–water partition coefficient (Wildman–Crippen LogP) is 2.63. The number of benzene rings is 1. The molecular weight excluding hydrogens is 298 g/mol. The van der Waals surface area contributed by atoms with Gasteiger partial charge in [-0.25, -0.2) is 4.79 Å². The van der Waals surface area contributed by atoms with Crippen LogP contribution in [0.3, 0.4) is 0 Å². The Morgan fingerprint density at radius 2 is 1.96 bits per heavy atom. The van der Waals surface area contributed by atoms with Crippen molar-refractivity contribution in [2.75, 3.05) is 14.2 Å². The molecule has 0 saturated heterocycles. The monoisotopic (exact) mass is 317 g/mol. The molecule has 0 aliphatic heterocycles. The number of hydrogen-bond donors (Lipinski definition) is 1. The zero-order valence-electron chi connectivity index (χ0n) is 13.3. The molecule has 0 saturated carbocycles. The largest absolute Gasteiger partial charge is 0.478 e. The molecular formula is C17H19NO5. The summed E-state index contributed by atoms with van der Waals surface area (Å²) in [7, 11) is 3.10. The Labute approximate surface area is 134 Å². The molecule has 6 heteroatoms. The third-order valence-electron chi connectivity index (χ3n) is 3.53. The lowest BCUT2D eigenvalue weighted by molar-refractivity contribution is -0.141. The summed E-state index contributed by atoms with van der Waals surface area (Å²) in [5.41, 5.74) is 0.862. The summed E-state index contributed by atoms with van der Waals surface area (Å²) >= 11 is 0. The molecule has 0 bridgehead atoms. The number of aryl methyl sites for hydroxylation is 1. The molecule has 0 spiro atoms. The van der Waals surface area contributed by atoms with E-state index in [1.54, 1.807) is 14.0 Å². The Morgan fingerprint density at radius 3 is 2.48 bits per heavy atom. The molecule has 0 radical (unpaired) electrons. The van der Waals surface area contributed by atoms with Crippen LogP contribution < -0.4 is 0 Å². The number of amides is 1. The average Bonchev–Trinajstić information content (AvgIpc) is 2.89. The molecule has 0 fully saturated rings. The van der Waals surface area contributed by atoms with Gasteiger partial charge in [0.05, 0.1) is 6.54 Å². The van der Waals surface area contributed by atoms with Gasteiger partial charge in [-0.2, -0.15) is 0 Å². The van der Waals surface area contributed by atoms with Crippen LogP contribution in [-0.4, -0.2) is 36.0 Å². The summed E-state index contributed by atoms with van der Waals surface area (Å²) in [4.78, 5) is 25.0. The molecule has 1 aromatic carbocycles.